The smallest absolute Gasteiger partial charge is 0.240 e. The maximum atomic E-state index is 13.3. The number of hydrogen-bond acceptors (Lipinski definition) is 9. The molecule has 1 aromatic carbocycles. The number of rotatable bonds is 7. The van der Waals surface area contributed by atoms with Gasteiger partial charge in [0.25, 0.3) is 0 Å². The first-order valence-corrected chi connectivity index (χ1v) is 10.9. The van der Waals surface area contributed by atoms with Gasteiger partial charge in [-0.25, -0.2) is 8.42 Å². The van der Waals surface area contributed by atoms with Crippen LogP contribution in [-0.2, 0) is 14.6 Å². The Balaban J connectivity index is 1.75. The number of ether oxygens (including phenoxy) is 3. The monoisotopic (exact) mass is 422 g/mol. The summed E-state index contributed by atoms with van der Waals surface area (Å²) in [4.78, 5) is 5.06. The van der Waals surface area contributed by atoms with E-state index < -0.39 is 9.84 Å². The van der Waals surface area contributed by atoms with Gasteiger partial charge >= 0.3 is 0 Å². The zero-order valence-electron chi connectivity index (χ0n) is 15.0. The lowest BCUT2D eigenvalue weighted by molar-refractivity contribution is 0.171. The molecule has 0 unspecified atom stereocenters. The number of sulfone groups is 1. The van der Waals surface area contributed by atoms with Crippen LogP contribution in [0.15, 0.2) is 50.1 Å². The highest BCUT2D eigenvalue weighted by molar-refractivity contribution is 7.91. The summed E-state index contributed by atoms with van der Waals surface area (Å²) < 4.78 is 48.2. The number of benzene rings is 1. The van der Waals surface area contributed by atoms with Crippen molar-refractivity contribution in [3.05, 3.63) is 35.7 Å². The Bertz CT molecular complexity index is 1060. The van der Waals surface area contributed by atoms with E-state index in [9.17, 15) is 8.42 Å². The molecule has 3 heterocycles. The number of methoxy groups -OCH3 is 1. The van der Waals surface area contributed by atoms with Crippen molar-refractivity contribution in [2.45, 2.75) is 9.92 Å². The van der Waals surface area contributed by atoms with Crippen LogP contribution in [0.3, 0.4) is 0 Å². The van der Waals surface area contributed by atoms with Crippen molar-refractivity contribution in [2.24, 2.45) is 0 Å². The van der Waals surface area contributed by atoms with E-state index in [2.05, 4.69) is 10.3 Å². The molecule has 3 aromatic rings. The molecule has 1 N–H and O–H groups in total. The molecule has 8 nitrogen and oxygen atoms in total. The molecule has 0 saturated heterocycles. The average Bonchev–Trinajstić information content (AvgIpc) is 3.38. The van der Waals surface area contributed by atoms with Crippen molar-refractivity contribution >= 4 is 27.1 Å². The second-order valence-corrected chi connectivity index (χ2v) is 8.67. The van der Waals surface area contributed by atoms with E-state index in [0.29, 0.717) is 37.9 Å². The fourth-order valence-electron chi connectivity index (χ4n) is 2.67. The molecule has 0 radical (unpaired) electrons. The molecule has 4 rings (SSSR count). The summed E-state index contributed by atoms with van der Waals surface area (Å²) in [7, 11) is -2.39. The predicted octanol–water partition coefficient (Wildman–Crippen LogP) is 3.07. The molecule has 0 aliphatic carbocycles. The summed E-state index contributed by atoms with van der Waals surface area (Å²) in [6.45, 7) is 1.56. The highest BCUT2D eigenvalue weighted by Gasteiger charge is 2.30. The van der Waals surface area contributed by atoms with E-state index in [1.54, 1.807) is 13.2 Å². The van der Waals surface area contributed by atoms with Gasteiger partial charge in [-0.15, -0.1) is 11.3 Å². The van der Waals surface area contributed by atoms with Gasteiger partial charge in [-0.2, -0.15) is 4.98 Å². The van der Waals surface area contributed by atoms with E-state index in [0.717, 1.165) is 4.88 Å². The summed E-state index contributed by atoms with van der Waals surface area (Å²) in [6.07, 6.45) is 0. The number of anilines is 1. The number of hydrogen-bond donors (Lipinski definition) is 1. The maximum absolute atomic E-state index is 13.3. The van der Waals surface area contributed by atoms with Crippen molar-refractivity contribution in [3.8, 4) is 22.3 Å². The first-order chi connectivity index (χ1) is 13.6. The lowest BCUT2D eigenvalue weighted by Gasteiger charge is -2.18. The topological polar surface area (TPSA) is 99.9 Å². The highest BCUT2D eigenvalue weighted by Crippen LogP contribution is 2.37. The molecule has 0 atom stereocenters. The van der Waals surface area contributed by atoms with Crippen LogP contribution in [0.2, 0.25) is 0 Å². The third kappa shape index (κ3) is 3.58. The van der Waals surface area contributed by atoms with Gasteiger partial charge in [0.05, 0.1) is 16.4 Å². The van der Waals surface area contributed by atoms with Crippen LogP contribution >= 0.6 is 11.3 Å². The molecule has 0 saturated carbocycles. The number of nitrogens with one attached hydrogen (secondary N) is 1. The average molecular weight is 422 g/mol. The Labute approximate surface area is 166 Å². The fraction of sp³-hybridized carbons (Fsp3) is 0.278. The van der Waals surface area contributed by atoms with Crippen molar-refractivity contribution in [3.63, 3.8) is 0 Å². The standard InChI is InChI=1S/C18H18N2O6S2/c1-23-7-6-19-17-18(20-16(26-17)15-3-2-10-27-15)28(21,22)12-4-5-13-14(11-12)25-9-8-24-13/h2-5,10-11,19H,6-9H2,1H3. The van der Waals surface area contributed by atoms with Crippen LogP contribution in [0.4, 0.5) is 5.88 Å². The minimum absolute atomic E-state index is 0.0533. The van der Waals surface area contributed by atoms with Crippen LogP contribution in [0, 0.1) is 0 Å². The van der Waals surface area contributed by atoms with E-state index in [1.807, 2.05) is 17.5 Å². The zero-order chi connectivity index (χ0) is 19.6. The molecule has 0 spiro atoms. The quantitative estimate of drug-likeness (QED) is 0.580. The van der Waals surface area contributed by atoms with Crippen LogP contribution in [-0.4, -0.2) is 46.9 Å². The molecule has 0 fully saturated rings. The third-order valence-corrected chi connectivity index (χ3v) is 6.52. The fourth-order valence-corrected chi connectivity index (χ4v) is 4.62. The van der Waals surface area contributed by atoms with E-state index in [-0.39, 0.29) is 21.7 Å². The Morgan fingerprint density at radius 2 is 2.04 bits per heavy atom. The van der Waals surface area contributed by atoms with Crippen LogP contribution in [0.1, 0.15) is 0 Å². The van der Waals surface area contributed by atoms with Crippen LogP contribution in [0.5, 0.6) is 11.5 Å². The van der Waals surface area contributed by atoms with Crippen LogP contribution in [0.25, 0.3) is 10.8 Å². The molecular weight excluding hydrogens is 404 g/mol. The van der Waals surface area contributed by atoms with E-state index in [4.69, 9.17) is 18.6 Å². The normalized spacial score (nSPS) is 13.5. The summed E-state index contributed by atoms with van der Waals surface area (Å²) in [5.74, 6) is 1.23. The molecule has 28 heavy (non-hydrogen) atoms. The molecule has 0 amide bonds. The molecule has 2 aromatic heterocycles. The summed E-state index contributed by atoms with van der Waals surface area (Å²) in [5.41, 5.74) is 0. The van der Waals surface area contributed by atoms with E-state index in [1.165, 1.54) is 23.5 Å². The molecule has 1 aliphatic rings. The number of aromatic nitrogens is 1. The van der Waals surface area contributed by atoms with Crippen molar-refractivity contribution in [1.82, 2.24) is 4.98 Å². The Kier molecular flexibility index (Phi) is 5.25. The highest BCUT2D eigenvalue weighted by atomic mass is 32.2. The molecule has 1 aliphatic heterocycles. The summed E-state index contributed by atoms with van der Waals surface area (Å²) in [6, 6.07) is 8.16. The van der Waals surface area contributed by atoms with Gasteiger partial charge in [-0.3, -0.25) is 0 Å². The third-order valence-electron chi connectivity index (χ3n) is 4.00. The number of oxazole rings is 1. The Hall–Kier alpha value is -2.56. The van der Waals surface area contributed by atoms with Gasteiger partial charge in [-0.05, 0) is 23.6 Å². The first kappa shape index (κ1) is 18.8. The van der Waals surface area contributed by atoms with Gasteiger partial charge in [0, 0.05) is 19.7 Å². The largest absolute Gasteiger partial charge is 0.486 e. The van der Waals surface area contributed by atoms with Crippen molar-refractivity contribution < 1.29 is 27.0 Å². The number of fused-ring (bicyclic) bond motifs is 1. The summed E-state index contributed by atoms with van der Waals surface area (Å²) >= 11 is 1.41. The first-order valence-electron chi connectivity index (χ1n) is 8.52. The number of thiophene rings is 1. The molecule has 0 bridgehead atoms. The number of nitrogens with zero attached hydrogens (tertiary/aromatic N) is 1. The maximum Gasteiger partial charge on any atom is 0.240 e. The lowest BCUT2D eigenvalue weighted by Crippen LogP contribution is -2.16. The minimum Gasteiger partial charge on any atom is -0.486 e. The summed E-state index contributed by atoms with van der Waals surface area (Å²) in [5, 5.41) is 4.64. The minimum atomic E-state index is -3.95. The Morgan fingerprint density at radius 3 is 2.79 bits per heavy atom. The molecule has 10 heteroatoms. The van der Waals surface area contributed by atoms with Crippen LogP contribution < -0.4 is 14.8 Å². The van der Waals surface area contributed by atoms with Gasteiger partial charge in [-0.1, -0.05) is 6.07 Å². The molecular formula is C18H18N2O6S2. The van der Waals surface area contributed by atoms with Gasteiger partial charge in [0.1, 0.15) is 13.2 Å². The lowest BCUT2D eigenvalue weighted by atomic mass is 10.3. The predicted molar refractivity (Wildman–Crippen MR) is 103 cm³/mol. The second kappa shape index (κ2) is 7.82. The van der Waals surface area contributed by atoms with Crippen molar-refractivity contribution in [2.75, 3.05) is 38.8 Å². The molecule has 148 valence electrons. The second-order valence-electron chi connectivity index (χ2n) is 5.86. The van der Waals surface area contributed by atoms with Gasteiger partial charge in [0.15, 0.2) is 11.5 Å². The zero-order valence-corrected chi connectivity index (χ0v) is 16.6. The van der Waals surface area contributed by atoms with Gasteiger partial charge < -0.3 is 23.9 Å². The van der Waals surface area contributed by atoms with Crippen molar-refractivity contribution in [1.29, 1.82) is 0 Å². The Morgan fingerprint density at radius 1 is 1.21 bits per heavy atom. The van der Waals surface area contributed by atoms with Gasteiger partial charge in [0.2, 0.25) is 26.6 Å². The SMILES string of the molecule is COCCNc1oc(-c2cccs2)nc1S(=O)(=O)c1ccc2c(c1)OCCO2. The van der Waals surface area contributed by atoms with E-state index >= 15 is 0 Å².